The van der Waals surface area contributed by atoms with Gasteiger partial charge < -0.3 is 19.3 Å². The van der Waals surface area contributed by atoms with Crippen molar-refractivity contribution < 1.29 is 27.5 Å². The molecule has 2 amide bonds. The van der Waals surface area contributed by atoms with E-state index in [9.17, 15) is 18.0 Å². The van der Waals surface area contributed by atoms with Crippen LogP contribution in [0.15, 0.2) is 53.4 Å². The molecule has 2 aliphatic rings. The zero-order valence-electron chi connectivity index (χ0n) is 19.3. The number of benzene rings is 2. The molecule has 0 aromatic heterocycles. The summed E-state index contributed by atoms with van der Waals surface area (Å²) in [5.74, 6) is 0.354. The van der Waals surface area contributed by atoms with E-state index in [2.05, 4.69) is 0 Å². The number of carbonyl (C=O) groups excluding carboxylic acids is 2. The third-order valence-electron chi connectivity index (χ3n) is 6.26. The molecule has 0 aliphatic carbocycles. The highest BCUT2D eigenvalue weighted by Crippen LogP contribution is 2.25. The van der Waals surface area contributed by atoms with Crippen LogP contribution in [0.5, 0.6) is 5.75 Å². The van der Waals surface area contributed by atoms with Crippen molar-refractivity contribution in [2.45, 2.75) is 23.8 Å². The Hall–Kier alpha value is -3.11. The van der Waals surface area contributed by atoms with E-state index in [1.165, 1.54) is 23.5 Å². The van der Waals surface area contributed by atoms with Crippen LogP contribution in [0.4, 0.5) is 5.69 Å². The first-order valence-electron chi connectivity index (χ1n) is 11.2. The lowest BCUT2D eigenvalue weighted by Gasteiger charge is -2.35. The lowest BCUT2D eigenvalue weighted by Crippen LogP contribution is -2.52. The highest BCUT2D eigenvalue weighted by Gasteiger charge is 2.32. The van der Waals surface area contributed by atoms with Crippen molar-refractivity contribution in [1.29, 1.82) is 0 Å². The van der Waals surface area contributed by atoms with Crippen LogP contribution in [-0.4, -0.2) is 83.1 Å². The van der Waals surface area contributed by atoms with E-state index < -0.39 is 10.0 Å². The van der Waals surface area contributed by atoms with Gasteiger partial charge in [-0.15, -0.1) is 0 Å². The summed E-state index contributed by atoms with van der Waals surface area (Å²) in [5, 5.41) is 0. The Morgan fingerprint density at radius 2 is 1.71 bits per heavy atom. The molecule has 2 saturated heterocycles. The highest BCUT2D eigenvalue weighted by molar-refractivity contribution is 7.92. The van der Waals surface area contributed by atoms with E-state index in [0.29, 0.717) is 49.8 Å². The van der Waals surface area contributed by atoms with Crippen LogP contribution in [0.3, 0.4) is 0 Å². The minimum Gasteiger partial charge on any atom is -0.497 e. The summed E-state index contributed by atoms with van der Waals surface area (Å²) in [7, 11) is -0.863. The van der Waals surface area contributed by atoms with E-state index in [1.54, 1.807) is 53.3 Å². The smallest absolute Gasteiger partial charge is 0.264 e. The summed E-state index contributed by atoms with van der Waals surface area (Å²) < 4.78 is 38.2. The van der Waals surface area contributed by atoms with E-state index in [4.69, 9.17) is 9.47 Å². The number of hydrogen-bond acceptors (Lipinski definition) is 6. The van der Waals surface area contributed by atoms with Gasteiger partial charge in [0, 0.05) is 45.4 Å². The van der Waals surface area contributed by atoms with Crippen molar-refractivity contribution in [3.05, 3.63) is 54.1 Å². The SMILES string of the molecule is COc1ccc(N(C)S(=O)(=O)c2cccc(C(=O)N3CCN(C(=O)C4CCCO4)CC3)c2)cc1. The average molecular weight is 488 g/mol. The van der Waals surface area contributed by atoms with Gasteiger partial charge in [-0.2, -0.15) is 0 Å². The Morgan fingerprint density at radius 1 is 1.03 bits per heavy atom. The molecule has 34 heavy (non-hydrogen) atoms. The van der Waals surface area contributed by atoms with Crippen molar-refractivity contribution >= 4 is 27.5 Å². The summed E-state index contributed by atoms with van der Waals surface area (Å²) >= 11 is 0. The maximum absolute atomic E-state index is 13.2. The summed E-state index contributed by atoms with van der Waals surface area (Å²) in [6.45, 7) is 2.26. The molecule has 2 aliphatic heterocycles. The van der Waals surface area contributed by atoms with E-state index >= 15 is 0 Å². The topological polar surface area (TPSA) is 96.5 Å². The number of amides is 2. The number of carbonyl (C=O) groups is 2. The molecule has 0 bridgehead atoms. The lowest BCUT2D eigenvalue weighted by atomic mass is 10.1. The van der Waals surface area contributed by atoms with Gasteiger partial charge in [-0.3, -0.25) is 13.9 Å². The second-order valence-corrected chi connectivity index (χ2v) is 10.3. The van der Waals surface area contributed by atoms with Crippen LogP contribution in [0.25, 0.3) is 0 Å². The van der Waals surface area contributed by atoms with E-state index in [0.717, 1.165) is 12.8 Å². The molecule has 2 aromatic rings. The fourth-order valence-electron chi connectivity index (χ4n) is 4.17. The number of rotatable bonds is 6. The van der Waals surface area contributed by atoms with Crippen molar-refractivity contribution in [3.8, 4) is 5.75 Å². The largest absolute Gasteiger partial charge is 0.497 e. The minimum atomic E-state index is -3.87. The molecule has 0 N–H and O–H groups in total. The molecule has 182 valence electrons. The molecule has 10 heteroatoms. The van der Waals surface area contributed by atoms with Crippen LogP contribution in [0.1, 0.15) is 23.2 Å². The second kappa shape index (κ2) is 10.0. The molecule has 1 atom stereocenters. The number of methoxy groups -OCH3 is 1. The van der Waals surface area contributed by atoms with Crippen molar-refractivity contribution in [1.82, 2.24) is 9.80 Å². The monoisotopic (exact) mass is 487 g/mol. The molecule has 9 nitrogen and oxygen atoms in total. The molecular formula is C24H29N3O6S. The Balaban J connectivity index is 1.44. The lowest BCUT2D eigenvalue weighted by molar-refractivity contribution is -0.142. The Bertz CT molecular complexity index is 1140. The van der Waals surface area contributed by atoms with Crippen LogP contribution in [-0.2, 0) is 19.6 Å². The fourth-order valence-corrected chi connectivity index (χ4v) is 5.41. The molecule has 2 heterocycles. The molecule has 0 radical (unpaired) electrons. The molecule has 2 aromatic carbocycles. The Labute approximate surface area is 199 Å². The van der Waals surface area contributed by atoms with Gasteiger partial charge >= 0.3 is 0 Å². The van der Waals surface area contributed by atoms with Gasteiger partial charge in [0.25, 0.3) is 21.8 Å². The van der Waals surface area contributed by atoms with Gasteiger partial charge in [-0.05, 0) is 55.3 Å². The van der Waals surface area contributed by atoms with E-state index in [-0.39, 0.29) is 22.8 Å². The van der Waals surface area contributed by atoms with Gasteiger partial charge in [0.1, 0.15) is 11.9 Å². The number of piperazine rings is 1. The molecule has 2 fully saturated rings. The standard InChI is InChI=1S/C24H29N3O6S/c1-25(19-8-10-20(32-2)11-9-19)34(30,31)21-6-3-5-18(17-21)23(28)26-12-14-27(15-13-26)24(29)22-7-4-16-33-22/h3,5-6,8-11,17,22H,4,7,12-16H2,1-2H3. The first kappa shape index (κ1) is 24.0. The number of ether oxygens (including phenoxy) is 2. The van der Waals surface area contributed by atoms with Crippen LogP contribution < -0.4 is 9.04 Å². The average Bonchev–Trinajstić information content (AvgIpc) is 3.43. The molecule has 0 saturated carbocycles. The van der Waals surface area contributed by atoms with Crippen molar-refractivity contribution in [2.24, 2.45) is 0 Å². The van der Waals surface area contributed by atoms with E-state index in [1.807, 2.05) is 0 Å². The van der Waals surface area contributed by atoms with Crippen LogP contribution >= 0.6 is 0 Å². The Kier molecular flexibility index (Phi) is 7.08. The van der Waals surface area contributed by atoms with Gasteiger partial charge in [0.2, 0.25) is 0 Å². The predicted octanol–water partition coefficient (Wildman–Crippen LogP) is 1.98. The zero-order valence-corrected chi connectivity index (χ0v) is 20.2. The number of anilines is 1. The molecule has 4 rings (SSSR count). The Morgan fingerprint density at radius 3 is 2.32 bits per heavy atom. The number of sulfonamides is 1. The molecular weight excluding hydrogens is 458 g/mol. The summed E-state index contributed by atoms with van der Waals surface area (Å²) in [4.78, 5) is 29.1. The van der Waals surface area contributed by atoms with Gasteiger partial charge in [-0.25, -0.2) is 8.42 Å². The third-order valence-corrected chi connectivity index (χ3v) is 8.04. The third kappa shape index (κ3) is 4.88. The first-order chi connectivity index (χ1) is 16.3. The van der Waals surface area contributed by atoms with Gasteiger partial charge in [-0.1, -0.05) is 6.07 Å². The molecule has 0 spiro atoms. The van der Waals surface area contributed by atoms with Crippen molar-refractivity contribution in [3.63, 3.8) is 0 Å². The van der Waals surface area contributed by atoms with Crippen LogP contribution in [0, 0.1) is 0 Å². The highest BCUT2D eigenvalue weighted by atomic mass is 32.2. The van der Waals surface area contributed by atoms with Gasteiger partial charge in [0.05, 0.1) is 17.7 Å². The fraction of sp³-hybridized carbons (Fsp3) is 0.417. The maximum atomic E-state index is 13.2. The predicted molar refractivity (Wildman–Crippen MR) is 126 cm³/mol. The normalized spacial score (nSPS) is 18.6. The maximum Gasteiger partial charge on any atom is 0.264 e. The van der Waals surface area contributed by atoms with Crippen molar-refractivity contribution in [2.75, 3.05) is 51.2 Å². The zero-order chi connectivity index (χ0) is 24.3. The first-order valence-corrected chi connectivity index (χ1v) is 12.7. The summed E-state index contributed by atoms with van der Waals surface area (Å²) in [6.07, 6.45) is 1.26. The number of nitrogens with zero attached hydrogens (tertiary/aromatic N) is 3. The second-order valence-electron chi connectivity index (χ2n) is 8.32. The van der Waals surface area contributed by atoms with Crippen LogP contribution in [0.2, 0.25) is 0 Å². The van der Waals surface area contributed by atoms with Gasteiger partial charge in [0.15, 0.2) is 0 Å². The summed E-state index contributed by atoms with van der Waals surface area (Å²) in [5.41, 5.74) is 0.771. The number of hydrogen-bond donors (Lipinski definition) is 0. The minimum absolute atomic E-state index is 0.0146. The summed E-state index contributed by atoms with van der Waals surface area (Å²) in [6, 6.07) is 12.7. The molecule has 1 unspecified atom stereocenters. The quantitative estimate of drug-likeness (QED) is 0.618.